The van der Waals surface area contributed by atoms with Gasteiger partial charge < -0.3 is 25.6 Å². The van der Waals surface area contributed by atoms with Crippen molar-refractivity contribution in [2.24, 2.45) is 13.0 Å². The first-order valence-corrected chi connectivity index (χ1v) is 17.4. The lowest BCUT2D eigenvalue weighted by atomic mass is 9.83. The van der Waals surface area contributed by atoms with E-state index in [4.69, 9.17) is 4.74 Å². The van der Waals surface area contributed by atoms with Crippen LogP contribution in [-0.2, 0) is 34.4 Å². The Hall–Kier alpha value is -4.71. The van der Waals surface area contributed by atoms with E-state index in [1.54, 1.807) is 45.5 Å². The Labute approximate surface area is 288 Å². The number of anilines is 1. The number of amides is 4. The number of hydrogen-bond donors (Lipinski definition) is 3. The fraction of sp³-hybridized carbons (Fsp3) is 0.486. The van der Waals surface area contributed by atoms with Crippen LogP contribution >= 0.6 is 0 Å². The van der Waals surface area contributed by atoms with Crippen LogP contribution < -0.4 is 20.7 Å². The van der Waals surface area contributed by atoms with E-state index < -0.39 is 12.1 Å². The van der Waals surface area contributed by atoms with Gasteiger partial charge in [0.05, 0.1) is 7.11 Å². The third-order valence-electron chi connectivity index (χ3n) is 9.58. The fourth-order valence-electron chi connectivity index (χ4n) is 6.73. The van der Waals surface area contributed by atoms with Crippen molar-refractivity contribution in [1.82, 2.24) is 30.2 Å². The first-order valence-electron chi connectivity index (χ1n) is 17.4. The van der Waals surface area contributed by atoms with E-state index in [0.29, 0.717) is 30.9 Å². The topological polar surface area (TPSA) is 138 Å². The van der Waals surface area contributed by atoms with Gasteiger partial charge in [0.25, 0.3) is 5.91 Å². The van der Waals surface area contributed by atoms with Crippen LogP contribution in [0.2, 0.25) is 0 Å². The van der Waals surface area contributed by atoms with Gasteiger partial charge in [-0.15, -0.1) is 0 Å². The summed E-state index contributed by atoms with van der Waals surface area (Å²) >= 11 is 0. The molecule has 1 aliphatic carbocycles. The highest BCUT2D eigenvalue weighted by Crippen LogP contribution is 2.28. The second-order valence-corrected chi connectivity index (χ2v) is 13.0. The predicted octanol–water partition coefficient (Wildman–Crippen LogP) is 3.53. The number of nitrogens with one attached hydrogen (secondary N) is 3. The van der Waals surface area contributed by atoms with Gasteiger partial charge in [0.1, 0.15) is 23.5 Å². The molecule has 3 aromatic rings. The van der Waals surface area contributed by atoms with Gasteiger partial charge in [-0.25, -0.2) is 0 Å². The highest BCUT2D eigenvalue weighted by molar-refractivity contribution is 6.00. The molecule has 2 aliphatic rings. The maximum atomic E-state index is 13.7. The number of piperazine rings is 1. The molecule has 2 fully saturated rings. The summed E-state index contributed by atoms with van der Waals surface area (Å²) in [4.78, 5) is 57.0. The van der Waals surface area contributed by atoms with E-state index in [-0.39, 0.29) is 36.0 Å². The van der Waals surface area contributed by atoms with E-state index in [2.05, 4.69) is 32.0 Å². The van der Waals surface area contributed by atoms with E-state index in [9.17, 15) is 19.2 Å². The monoisotopic (exact) mass is 671 g/mol. The largest absolute Gasteiger partial charge is 0.497 e. The molecule has 0 bridgehead atoms. The van der Waals surface area contributed by atoms with E-state index in [0.717, 1.165) is 68.6 Å². The van der Waals surface area contributed by atoms with Crippen molar-refractivity contribution in [3.05, 3.63) is 77.6 Å². The molecule has 2 atom stereocenters. The summed E-state index contributed by atoms with van der Waals surface area (Å²) in [6.07, 6.45) is 7.10. The summed E-state index contributed by atoms with van der Waals surface area (Å²) in [7, 11) is 3.36. The van der Waals surface area contributed by atoms with Gasteiger partial charge in [-0.2, -0.15) is 5.10 Å². The molecule has 262 valence electrons. The Morgan fingerprint density at radius 3 is 2.31 bits per heavy atom. The molecular weight excluding hydrogens is 622 g/mol. The quantitative estimate of drug-likeness (QED) is 0.253. The SMILES string of the molecule is CCC(=O)N[C@H](Cc1ccc(NC(=O)C(NC(=O)c2ccnn2C)C2CCCCC2)cc1)C(=O)N1CCN(Cc2cccc(OC)c2)CC1. The third kappa shape index (κ3) is 9.69. The molecule has 4 amide bonds. The van der Waals surface area contributed by atoms with Crippen LogP contribution in [0.3, 0.4) is 0 Å². The average Bonchev–Trinajstić information content (AvgIpc) is 3.57. The first-order chi connectivity index (χ1) is 23.7. The van der Waals surface area contributed by atoms with Crippen molar-refractivity contribution in [1.29, 1.82) is 0 Å². The van der Waals surface area contributed by atoms with E-state index in [1.165, 1.54) is 4.68 Å². The number of rotatable bonds is 13. The zero-order valence-corrected chi connectivity index (χ0v) is 28.8. The number of ether oxygens (including phenoxy) is 1. The highest BCUT2D eigenvalue weighted by atomic mass is 16.5. The second-order valence-electron chi connectivity index (χ2n) is 13.0. The van der Waals surface area contributed by atoms with Gasteiger partial charge in [-0.3, -0.25) is 28.8 Å². The molecule has 2 aromatic carbocycles. The van der Waals surface area contributed by atoms with Crippen molar-refractivity contribution in [2.75, 3.05) is 38.6 Å². The molecule has 1 saturated carbocycles. The normalized spacial score (nSPS) is 16.8. The minimum atomic E-state index is -0.698. The van der Waals surface area contributed by atoms with Crippen LogP contribution in [0.15, 0.2) is 60.8 Å². The number of carbonyl (C=O) groups is 4. The van der Waals surface area contributed by atoms with Crippen molar-refractivity contribution >= 4 is 29.3 Å². The lowest BCUT2D eigenvalue weighted by molar-refractivity contribution is -0.138. The lowest BCUT2D eigenvalue weighted by Gasteiger charge is -2.36. The van der Waals surface area contributed by atoms with Crippen LogP contribution in [0.1, 0.15) is 67.1 Å². The molecule has 12 heteroatoms. The lowest BCUT2D eigenvalue weighted by Crippen LogP contribution is -2.55. The standard InChI is InChI=1S/C37H49N7O5/c1-4-33(45)40-31(37(48)44-21-19-43(20-22-44)25-27-9-8-12-30(23-27)49-3)24-26-13-15-29(16-14-26)39-36(47)34(28-10-6-5-7-11-28)41-35(46)32-17-18-38-42(32)2/h8-9,12-18,23,28,31,34H,4-7,10-11,19-22,24-25H2,1-3H3,(H,39,47)(H,40,45)(H,41,46)/t31-,34?/m1/s1. The molecule has 2 heterocycles. The van der Waals surface area contributed by atoms with Gasteiger partial charge in [0, 0.05) is 64.5 Å². The number of aryl methyl sites for hydroxylation is 1. The second kappa shape index (κ2) is 17.1. The van der Waals surface area contributed by atoms with Crippen LogP contribution in [-0.4, -0.2) is 88.6 Å². The Bertz CT molecular complexity index is 1580. The van der Waals surface area contributed by atoms with Gasteiger partial charge in [0.15, 0.2) is 0 Å². The minimum absolute atomic E-state index is 0.0443. The maximum Gasteiger partial charge on any atom is 0.270 e. The Kier molecular flexibility index (Phi) is 12.4. The van der Waals surface area contributed by atoms with Crippen molar-refractivity contribution in [2.45, 2.75) is 70.5 Å². The molecular formula is C37H49N7O5. The summed E-state index contributed by atoms with van der Waals surface area (Å²) < 4.78 is 6.85. The molecule has 49 heavy (non-hydrogen) atoms. The average molecular weight is 672 g/mol. The fourth-order valence-corrected chi connectivity index (χ4v) is 6.73. The predicted molar refractivity (Wildman–Crippen MR) is 187 cm³/mol. The molecule has 1 aliphatic heterocycles. The number of aromatic nitrogens is 2. The smallest absolute Gasteiger partial charge is 0.270 e. The molecule has 3 N–H and O–H groups in total. The van der Waals surface area contributed by atoms with Gasteiger partial charge in [0.2, 0.25) is 17.7 Å². The van der Waals surface area contributed by atoms with Crippen LogP contribution in [0, 0.1) is 5.92 Å². The molecule has 5 rings (SSSR count). The molecule has 1 aromatic heterocycles. The van der Waals surface area contributed by atoms with Crippen LogP contribution in [0.4, 0.5) is 5.69 Å². The van der Waals surface area contributed by atoms with Crippen LogP contribution in [0.25, 0.3) is 0 Å². The summed E-state index contributed by atoms with van der Waals surface area (Å²) in [5.74, 6) is 0.00153. The number of nitrogens with zero attached hydrogens (tertiary/aromatic N) is 4. The summed E-state index contributed by atoms with van der Waals surface area (Å²) in [6.45, 7) is 5.16. The number of hydrogen-bond acceptors (Lipinski definition) is 7. The van der Waals surface area contributed by atoms with Gasteiger partial charge >= 0.3 is 0 Å². The summed E-state index contributed by atoms with van der Waals surface area (Å²) in [5, 5.41) is 13.0. The zero-order valence-electron chi connectivity index (χ0n) is 28.8. The first kappa shape index (κ1) is 35.6. The van der Waals surface area contributed by atoms with Crippen LogP contribution in [0.5, 0.6) is 5.75 Å². The number of methoxy groups -OCH3 is 1. The molecule has 1 saturated heterocycles. The van der Waals surface area contributed by atoms with Crippen molar-refractivity contribution in [3.8, 4) is 5.75 Å². The molecule has 0 spiro atoms. The third-order valence-corrected chi connectivity index (χ3v) is 9.58. The minimum Gasteiger partial charge on any atom is -0.497 e. The van der Waals surface area contributed by atoms with Crippen molar-refractivity contribution < 1.29 is 23.9 Å². The Morgan fingerprint density at radius 2 is 1.65 bits per heavy atom. The van der Waals surface area contributed by atoms with Gasteiger partial charge in [-0.1, -0.05) is 50.5 Å². The highest BCUT2D eigenvalue weighted by Gasteiger charge is 2.32. The summed E-state index contributed by atoms with van der Waals surface area (Å²) in [6, 6.07) is 15.6. The van der Waals surface area contributed by atoms with E-state index >= 15 is 0 Å². The van der Waals surface area contributed by atoms with E-state index in [1.807, 2.05) is 35.2 Å². The van der Waals surface area contributed by atoms with Gasteiger partial charge in [-0.05, 0) is 60.2 Å². The molecule has 0 radical (unpaired) electrons. The molecule has 1 unspecified atom stereocenters. The number of carbonyl (C=O) groups excluding carboxylic acids is 4. The summed E-state index contributed by atoms with van der Waals surface area (Å²) in [5.41, 5.74) is 3.01. The van der Waals surface area contributed by atoms with Crippen molar-refractivity contribution in [3.63, 3.8) is 0 Å². The Balaban J connectivity index is 1.19. The molecule has 12 nitrogen and oxygen atoms in total. The zero-order chi connectivity index (χ0) is 34.8. The maximum absolute atomic E-state index is 13.7. The Morgan fingerprint density at radius 1 is 0.918 bits per heavy atom. The number of benzene rings is 2.